The lowest BCUT2D eigenvalue weighted by molar-refractivity contribution is 0.669. The summed E-state index contributed by atoms with van der Waals surface area (Å²) in [5.74, 6) is 0. The Balaban J connectivity index is 1.12. The zero-order valence-electron chi connectivity index (χ0n) is 28.2. The summed E-state index contributed by atoms with van der Waals surface area (Å²) in [5.41, 5.74) is 13.7. The smallest absolute Gasteiger partial charge is 0.137 e. The van der Waals surface area contributed by atoms with Gasteiger partial charge in [0.25, 0.3) is 0 Å². The van der Waals surface area contributed by atoms with E-state index in [2.05, 4.69) is 169 Å². The molecule has 52 heavy (non-hydrogen) atoms. The normalized spacial score (nSPS) is 13.2. The maximum Gasteiger partial charge on any atom is 0.137 e. The van der Waals surface area contributed by atoms with Gasteiger partial charge >= 0.3 is 0 Å². The number of para-hydroxylation sites is 2. The number of hydrogen-bond donors (Lipinski definition) is 0. The highest BCUT2D eigenvalue weighted by Crippen LogP contribution is 2.56. The molecule has 0 spiro atoms. The van der Waals surface area contributed by atoms with Gasteiger partial charge in [-0.25, -0.2) is 0 Å². The lowest BCUT2D eigenvalue weighted by Gasteiger charge is -2.34. The molecule has 0 fully saturated rings. The van der Waals surface area contributed by atoms with Gasteiger partial charge in [-0.2, -0.15) is 0 Å². The van der Waals surface area contributed by atoms with Crippen LogP contribution in [0.2, 0.25) is 0 Å². The van der Waals surface area contributed by atoms with E-state index < -0.39 is 5.41 Å². The molecule has 2 aromatic heterocycles. The second-order valence-electron chi connectivity index (χ2n) is 13.6. The Labute approximate surface area is 300 Å². The van der Waals surface area contributed by atoms with Crippen LogP contribution in [0, 0.1) is 0 Å². The Hall–Kier alpha value is -6.84. The molecule has 2 heterocycles. The van der Waals surface area contributed by atoms with Gasteiger partial charge in [-0.3, -0.25) is 0 Å². The van der Waals surface area contributed by atoms with E-state index in [1.807, 2.05) is 24.3 Å². The Morgan fingerprint density at radius 1 is 0.327 bits per heavy atom. The number of furan rings is 2. The molecule has 1 aliphatic rings. The Bertz CT molecular complexity index is 2810. The van der Waals surface area contributed by atoms with Crippen LogP contribution in [-0.4, -0.2) is 0 Å². The van der Waals surface area contributed by atoms with E-state index in [9.17, 15) is 0 Å². The van der Waals surface area contributed by atoms with E-state index in [0.717, 1.165) is 60.9 Å². The molecule has 0 saturated carbocycles. The standard InChI is InChI=1S/C49H31NO2/c1-2-12-32(13-3-1)49(43-18-8-4-14-37(43)38-15-5-9-19-44(38)49)33-22-24-34(25-23-33)50(35-26-28-41-39-16-6-10-20-45(39)51-47(41)30-35)36-27-29-42-40-17-7-11-21-46(40)52-48(42)31-36/h1-31H. The van der Waals surface area contributed by atoms with Crippen LogP contribution in [0.15, 0.2) is 197 Å². The van der Waals surface area contributed by atoms with Crippen LogP contribution in [0.5, 0.6) is 0 Å². The molecule has 0 aliphatic heterocycles. The van der Waals surface area contributed by atoms with Crippen LogP contribution in [0.4, 0.5) is 17.1 Å². The third-order valence-electron chi connectivity index (χ3n) is 11.0. The molecule has 0 N–H and O–H groups in total. The highest BCUT2D eigenvalue weighted by molar-refractivity contribution is 6.07. The first-order chi connectivity index (χ1) is 25.8. The van der Waals surface area contributed by atoms with E-state index in [4.69, 9.17) is 8.83 Å². The first-order valence-corrected chi connectivity index (χ1v) is 17.8. The zero-order chi connectivity index (χ0) is 34.2. The lowest BCUT2D eigenvalue weighted by Crippen LogP contribution is -2.28. The van der Waals surface area contributed by atoms with Crippen molar-refractivity contribution in [3.8, 4) is 11.1 Å². The molecule has 1 aliphatic carbocycles. The molecule has 0 unspecified atom stereocenters. The minimum absolute atomic E-state index is 0.460. The maximum atomic E-state index is 6.40. The first kappa shape index (κ1) is 28.9. The number of benzene rings is 8. The van der Waals surface area contributed by atoms with Crippen molar-refractivity contribution >= 4 is 60.9 Å². The summed E-state index contributed by atoms with van der Waals surface area (Å²) in [6.45, 7) is 0. The van der Waals surface area contributed by atoms with Gasteiger partial charge in [0.1, 0.15) is 22.3 Å². The van der Waals surface area contributed by atoms with Crippen LogP contribution in [0.3, 0.4) is 0 Å². The maximum absolute atomic E-state index is 6.40. The third-order valence-corrected chi connectivity index (χ3v) is 11.0. The predicted octanol–water partition coefficient (Wildman–Crippen LogP) is 13.3. The van der Waals surface area contributed by atoms with Crippen molar-refractivity contribution in [3.05, 3.63) is 210 Å². The summed E-state index contributed by atoms with van der Waals surface area (Å²) in [6.07, 6.45) is 0. The highest BCUT2D eigenvalue weighted by atomic mass is 16.3. The molecule has 10 aromatic rings. The van der Waals surface area contributed by atoms with Crippen LogP contribution >= 0.6 is 0 Å². The van der Waals surface area contributed by atoms with E-state index in [1.54, 1.807) is 0 Å². The Morgan fingerprint density at radius 2 is 0.750 bits per heavy atom. The van der Waals surface area contributed by atoms with Crippen molar-refractivity contribution in [2.75, 3.05) is 4.90 Å². The second kappa shape index (κ2) is 11.1. The summed E-state index contributed by atoms with van der Waals surface area (Å²) >= 11 is 0. The van der Waals surface area contributed by atoms with Crippen molar-refractivity contribution in [2.45, 2.75) is 5.41 Å². The van der Waals surface area contributed by atoms with Gasteiger partial charge in [0.15, 0.2) is 0 Å². The van der Waals surface area contributed by atoms with Crippen LogP contribution in [0.25, 0.3) is 55.0 Å². The molecule has 8 aromatic carbocycles. The molecule has 0 amide bonds. The zero-order valence-corrected chi connectivity index (χ0v) is 28.2. The average molecular weight is 666 g/mol. The van der Waals surface area contributed by atoms with Gasteiger partial charge in [0.05, 0.1) is 5.41 Å². The SMILES string of the molecule is c1ccc(C2(c3ccc(N(c4ccc5c(c4)oc4ccccc45)c4ccc5c(c4)oc4ccccc45)cc3)c3ccccc3-c3ccccc32)cc1. The molecule has 0 saturated heterocycles. The number of fused-ring (bicyclic) bond motifs is 9. The fourth-order valence-corrected chi connectivity index (χ4v) is 8.73. The number of hydrogen-bond acceptors (Lipinski definition) is 3. The van der Waals surface area contributed by atoms with Crippen molar-refractivity contribution in [1.29, 1.82) is 0 Å². The van der Waals surface area contributed by atoms with Crippen LogP contribution in [0.1, 0.15) is 22.3 Å². The Morgan fingerprint density at radius 3 is 1.31 bits per heavy atom. The molecule has 244 valence electrons. The van der Waals surface area contributed by atoms with E-state index >= 15 is 0 Å². The van der Waals surface area contributed by atoms with Crippen molar-refractivity contribution in [1.82, 2.24) is 0 Å². The fraction of sp³-hybridized carbons (Fsp3) is 0.0204. The molecule has 11 rings (SSSR count). The van der Waals surface area contributed by atoms with Crippen LogP contribution in [-0.2, 0) is 5.41 Å². The van der Waals surface area contributed by atoms with Gasteiger partial charge in [0, 0.05) is 50.7 Å². The van der Waals surface area contributed by atoms with E-state index in [0.29, 0.717) is 0 Å². The van der Waals surface area contributed by atoms with E-state index in [1.165, 1.54) is 33.4 Å². The average Bonchev–Trinajstić information content (AvgIpc) is 3.87. The predicted molar refractivity (Wildman–Crippen MR) is 213 cm³/mol. The summed E-state index contributed by atoms with van der Waals surface area (Å²) in [4.78, 5) is 2.30. The lowest BCUT2D eigenvalue weighted by atomic mass is 9.68. The van der Waals surface area contributed by atoms with Gasteiger partial charge < -0.3 is 13.7 Å². The summed E-state index contributed by atoms with van der Waals surface area (Å²) < 4.78 is 12.8. The summed E-state index contributed by atoms with van der Waals surface area (Å²) in [7, 11) is 0. The molecule has 0 radical (unpaired) electrons. The quantitative estimate of drug-likeness (QED) is 0.183. The topological polar surface area (TPSA) is 29.5 Å². The van der Waals surface area contributed by atoms with Crippen molar-refractivity contribution < 1.29 is 8.83 Å². The van der Waals surface area contributed by atoms with Crippen molar-refractivity contribution in [3.63, 3.8) is 0 Å². The van der Waals surface area contributed by atoms with Gasteiger partial charge in [-0.15, -0.1) is 0 Å². The fourth-order valence-electron chi connectivity index (χ4n) is 8.73. The molecular weight excluding hydrogens is 635 g/mol. The molecular formula is C49H31NO2. The largest absolute Gasteiger partial charge is 0.456 e. The second-order valence-corrected chi connectivity index (χ2v) is 13.6. The van der Waals surface area contributed by atoms with Gasteiger partial charge in [-0.1, -0.05) is 127 Å². The van der Waals surface area contributed by atoms with Crippen LogP contribution < -0.4 is 4.90 Å². The molecule has 0 bridgehead atoms. The van der Waals surface area contributed by atoms with E-state index in [-0.39, 0.29) is 0 Å². The number of rotatable bonds is 5. The van der Waals surface area contributed by atoms with Gasteiger partial charge in [-0.05, 0) is 81.9 Å². The minimum Gasteiger partial charge on any atom is -0.456 e. The monoisotopic (exact) mass is 665 g/mol. The summed E-state index contributed by atoms with van der Waals surface area (Å²) in [6, 6.07) is 67.3. The molecule has 3 nitrogen and oxygen atoms in total. The molecule has 3 heteroatoms. The minimum atomic E-state index is -0.460. The Kier molecular flexibility index (Phi) is 6.17. The number of nitrogens with zero attached hydrogens (tertiary/aromatic N) is 1. The molecule has 0 atom stereocenters. The number of anilines is 3. The highest BCUT2D eigenvalue weighted by Gasteiger charge is 2.45. The third kappa shape index (κ3) is 4.08. The van der Waals surface area contributed by atoms with Crippen molar-refractivity contribution in [2.24, 2.45) is 0 Å². The van der Waals surface area contributed by atoms with Gasteiger partial charge in [0.2, 0.25) is 0 Å². The summed E-state index contributed by atoms with van der Waals surface area (Å²) in [5, 5.41) is 4.44. The first-order valence-electron chi connectivity index (χ1n) is 17.8.